The first-order chi connectivity index (χ1) is 12.3. The molecule has 0 saturated heterocycles. The number of primary sulfonamides is 1. The molecular formula is C17H16N2O4S3. The number of sulfonamides is 1. The van der Waals surface area contributed by atoms with Gasteiger partial charge in [-0.2, -0.15) is 11.3 Å². The van der Waals surface area contributed by atoms with Crippen LogP contribution in [0.25, 0.3) is 10.4 Å². The number of hydrogen-bond donors (Lipinski definition) is 3. The molecule has 0 amide bonds. The first-order valence-corrected chi connectivity index (χ1v) is 10.8. The van der Waals surface area contributed by atoms with Crippen LogP contribution in [0.15, 0.2) is 46.0 Å². The summed E-state index contributed by atoms with van der Waals surface area (Å²) >= 11 is 2.96. The Hall–Kier alpha value is -2.20. The SMILES string of the molecule is Cc1ccc(-c2c(NCc3ccsc3)cc(C(=O)O)cc2S(N)(=O)=O)s1. The quantitative estimate of drug-likeness (QED) is 0.575. The van der Waals surface area contributed by atoms with Crippen LogP contribution in [0, 0.1) is 6.92 Å². The van der Waals surface area contributed by atoms with E-state index >= 15 is 0 Å². The van der Waals surface area contributed by atoms with Gasteiger partial charge in [-0.25, -0.2) is 18.4 Å². The highest BCUT2D eigenvalue weighted by molar-refractivity contribution is 7.89. The van der Waals surface area contributed by atoms with Crippen LogP contribution in [0.4, 0.5) is 5.69 Å². The predicted octanol–water partition coefficient (Wildman–Crippen LogP) is 3.74. The van der Waals surface area contributed by atoms with Crippen molar-refractivity contribution in [2.45, 2.75) is 18.4 Å². The van der Waals surface area contributed by atoms with Crippen molar-refractivity contribution >= 4 is 44.4 Å². The highest BCUT2D eigenvalue weighted by atomic mass is 32.2. The van der Waals surface area contributed by atoms with Crippen molar-refractivity contribution in [3.8, 4) is 10.4 Å². The summed E-state index contributed by atoms with van der Waals surface area (Å²) in [7, 11) is -4.12. The lowest BCUT2D eigenvalue weighted by molar-refractivity contribution is 0.0696. The van der Waals surface area contributed by atoms with Crippen LogP contribution in [-0.2, 0) is 16.6 Å². The molecule has 26 heavy (non-hydrogen) atoms. The van der Waals surface area contributed by atoms with E-state index in [0.29, 0.717) is 22.7 Å². The maximum absolute atomic E-state index is 12.2. The summed E-state index contributed by atoms with van der Waals surface area (Å²) in [5, 5.41) is 21.8. The van der Waals surface area contributed by atoms with Crippen LogP contribution in [0.2, 0.25) is 0 Å². The minimum atomic E-state index is -4.12. The molecule has 3 rings (SSSR count). The van der Waals surface area contributed by atoms with E-state index in [-0.39, 0.29) is 10.5 Å². The fourth-order valence-corrected chi connectivity index (χ4v) is 4.99. The Kier molecular flexibility index (Phi) is 5.15. The average molecular weight is 409 g/mol. The molecule has 0 spiro atoms. The van der Waals surface area contributed by atoms with Gasteiger partial charge in [0.15, 0.2) is 0 Å². The molecule has 6 nitrogen and oxygen atoms in total. The Morgan fingerprint density at radius 2 is 2.04 bits per heavy atom. The number of thiophene rings is 2. The lowest BCUT2D eigenvalue weighted by atomic mass is 10.1. The largest absolute Gasteiger partial charge is 0.478 e. The number of benzene rings is 1. The van der Waals surface area contributed by atoms with Crippen LogP contribution in [0.5, 0.6) is 0 Å². The number of hydrogen-bond acceptors (Lipinski definition) is 6. The van der Waals surface area contributed by atoms with Gasteiger partial charge in [0.1, 0.15) is 0 Å². The number of rotatable bonds is 6. The van der Waals surface area contributed by atoms with Gasteiger partial charge in [-0.3, -0.25) is 0 Å². The van der Waals surface area contributed by atoms with Crippen molar-refractivity contribution in [3.63, 3.8) is 0 Å². The van der Waals surface area contributed by atoms with E-state index in [1.807, 2.05) is 29.8 Å². The van der Waals surface area contributed by atoms with Gasteiger partial charge in [0.2, 0.25) is 10.0 Å². The number of carboxylic acid groups (broad SMARTS) is 1. The summed E-state index contributed by atoms with van der Waals surface area (Å²) in [4.78, 5) is 13.0. The highest BCUT2D eigenvalue weighted by Gasteiger charge is 2.23. The zero-order valence-corrected chi connectivity index (χ0v) is 16.2. The molecule has 0 saturated carbocycles. The maximum atomic E-state index is 12.2. The fourth-order valence-electron chi connectivity index (χ4n) is 2.52. The third-order valence-corrected chi connectivity index (χ3v) is 6.39. The molecule has 0 bridgehead atoms. The molecule has 1 aromatic carbocycles. The average Bonchev–Trinajstić information content (AvgIpc) is 3.22. The molecule has 0 radical (unpaired) electrons. The first-order valence-electron chi connectivity index (χ1n) is 7.51. The summed E-state index contributed by atoms with van der Waals surface area (Å²) in [5.41, 5.74) is 1.69. The Balaban J connectivity index is 2.20. The molecule has 0 aliphatic rings. The van der Waals surface area contributed by atoms with Crippen molar-refractivity contribution in [2.75, 3.05) is 5.32 Å². The van der Waals surface area contributed by atoms with Gasteiger partial charge in [-0.1, -0.05) is 0 Å². The van der Waals surface area contributed by atoms with Crippen molar-refractivity contribution in [2.24, 2.45) is 5.14 Å². The Labute approximate surface area is 159 Å². The number of aromatic carboxylic acids is 1. The Morgan fingerprint density at radius 1 is 1.27 bits per heavy atom. The van der Waals surface area contributed by atoms with E-state index in [9.17, 15) is 18.3 Å². The summed E-state index contributed by atoms with van der Waals surface area (Å²) in [6, 6.07) is 8.17. The lowest BCUT2D eigenvalue weighted by Gasteiger charge is -2.15. The number of nitrogens with two attached hydrogens (primary N) is 1. The second kappa shape index (κ2) is 7.20. The van der Waals surface area contributed by atoms with Gasteiger partial charge < -0.3 is 10.4 Å². The summed E-state index contributed by atoms with van der Waals surface area (Å²) in [5.74, 6) is -1.22. The van der Waals surface area contributed by atoms with E-state index in [4.69, 9.17) is 5.14 Å². The maximum Gasteiger partial charge on any atom is 0.335 e. The van der Waals surface area contributed by atoms with Crippen LogP contribution < -0.4 is 10.5 Å². The van der Waals surface area contributed by atoms with Gasteiger partial charge in [0.25, 0.3) is 0 Å². The molecule has 0 aliphatic heterocycles. The molecule has 0 atom stereocenters. The molecule has 0 fully saturated rings. The third-order valence-electron chi connectivity index (χ3n) is 3.71. The van der Waals surface area contributed by atoms with E-state index in [2.05, 4.69) is 5.32 Å². The minimum Gasteiger partial charge on any atom is -0.478 e. The van der Waals surface area contributed by atoms with Crippen LogP contribution >= 0.6 is 22.7 Å². The van der Waals surface area contributed by atoms with Crippen molar-refractivity contribution in [1.82, 2.24) is 0 Å². The third kappa shape index (κ3) is 3.96. The van der Waals surface area contributed by atoms with E-state index in [0.717, 1.165) is 16.5 Å². The molecular weight excluding hydrogens is 392 g/mol. The van der Waals surface area contributed by atoms with E-state index in [1.54, 1.807) is 17.4 Å². The van der Waals surface area contributed by atoms with Gasteiger partial charge in [-0.15, -0.1) is 11.3 Å². The van der Waals surface area contributed by atoms with Crippen LogP contribution in [0.3, 0.4) is 0 Å². The molecule has 0 aliphatic carbocycles. The minimum absolute atomic E-state index is 0.140. The number of anilines is 1. The Morgan fingerprint density at radius 3 is 2.58 bits per heavy atom. The molecule has 2 heterocycles. The zero-order valence-electron chi connectivity index (χ0n) is 13.7. The molecule has 9 heteroatoms. The van der Waals surface area contributed by atoms with E-state index in [1.165, 1.54) is 17.4 Å². The fraction of sp³-hybridized carbons (Fsp3) is 0.118. The Bertz CT molecular complexity index is 1050. The highest BCUT2D eigenvalue weighted by Crippen LogP contribution is 2.39. The smallest absolute Gasteiger partial charge is 0.335 e. The monoisotopic (exact) mass is 408 g/mol. The van der Waals surface area contributed by atoms with Crippen molar-refractivity contribution < 1.29 is 18.3 Å². The van der Waals surface area contributed by atoms with Gasteiger partial charge in [0.05, 0.1) is 10.5 Å². The van der Waals surface area contributed by atoms with Gasteiger partial charge in [-0.05, 0) is 53.6 Å². The molecule has 3 aromatic rings. The van der Waals surface area contributed by atoms with Crippen molar-refractivity contribution in [1.29, 1.82) is 0 Å². The molecule has 0 unspecified atom stereocenters. The van der Waals surface area contributed by atoms with Gasteiger partial charge >= 0.3 is 5.97 Å². The number of carboxylic acids is 1. The normalized spacial score (nSPS) is 11.5. The predicted molar refractivity (Wildman–Crippen MR) is 104 cm³/mol. The van der Waals surface area contributed by atoms with E-state index < -0.39 is 16.0 Å². The number of aryl methyl sites for hydroxylation is 1. The summed E-state index contributed by atoms with van der Waals surface area (Å²) in [6.45, 7) is 2.35. The standard InChI is InChI=1S/C17H16N2O4S3/c1-10-2-3-14(25-10)16-13(19-8-11-4-5-24-9-11)6-12(17(20)21)7-15(16)26(18,22)23/h2-7,9,19H,8H2,1H3,(H,20,21)(H2,18,22,23). The number of carbonyl (C=O) groups is 1. The lowest BCUT2D eigenvalue weighted by Crippen LogP contribution is -2.16. The second-order valence-corrected chi connectivity index (χ2v) is 9.24. The van der Waals surface area contributed by atoms with Crippen molar-refractivity contribution in [3.05, 3.63) is 57.1 Å². The zero-order chi connectivity index (χ0) is 18.9. The van der Waals surface area contributed by atoms with Gasteiger partial charge in [0, 0.05) is 27.5 Å². The summed E-state index contributed by atoms with van der Waals surface area (Å²) in [6.07, 6.45) is 0. The summed E-state index contributed by atoms with van der Waals surface area (Å²) < 4.78 is 24.3. The molecule has 2 aromatic heterocycles. The van der Waals surface area contributed by atoms with Crippen LogP contribution in [0.1, 0.15) is 20.8 Å². The molecule has 4 N–H and O–H groups in total. The first kappa shape index (κ1) is 18.6. The topological polar surface area (TPSA) is 109 Å². The number of nitrogens with one attached hydrogen (secondary N) is 1. The van der Waals surface area contributed by atoms with Crippen LogP contribution in [-0.4, -0.2) is 19.5 Å². The molecule has 136 valence electrons. The second-order valence-electron chi connectivity index (χ2n) is 5.64.